The summed E-state index contributed by atoms with van der Waals surface area (Å²) >= 11 is 0. The number of carbonyl (C=O) groups is 1. The zero-order chi connectivity index (χ0) is 17.8. The van der Waals surface area contributed by atoms with Gasteiger partial charge in [0.05, 0.1) is 0 Å². The van der Waals surface area contributed by atoms with Crippen LogP contribution in [0.15, 0.2) is 12.2 Å². The van der Waals surface area contributed by atoms with Gasteiger partial charge in [-0.1, -0.05) is 6.58 Å². The van der Waals surface area contributed by atoms with Crippen LogP contribution in [0.5, 0.6) is 0 Å². The molecule has 23 heavy (non-hydrogen) atoms. The van der Waals surface area contributed by atoms with Gasteiger partial charge in [-0.15, -0.1) is 0 Å². The van der Waals surface area contributed by atoms with Crippen molar-refractivity contribution in [1.29, 1.82) is 0 Å². The maximum Gasteiger partial charge on any atom is 0.431 e. The van der Waals surface area contributed by atoms with Crippen LogP contribution in [0.1, 0.15) is 26.2 Å². The van der Waals surface area contributed by atoms with Crippen LogP contribution in [-0.2, 0) is 19.6 Å². The summed E-state index contributed by atoms with van der Waals surface area (Å²) in [6.07, 6.45) is -0.854. The van der Waals surface area contributed by atoms with E-state index in [1.54, 1.807) is 0 Å². The number of alkyl halides is 4. The Balaban J connectivity index is 2.27. The summed E-state index contributed by atoms with van der Waals surface area (Å²) in [6.45, 7) is 4.71. The predicted molar refractivity (Wildman–Crippen MR) is 70.5 cm³/mol. The van der Waals surface area contributed by atoms with Crippen molar-refractivity contribution in [2.24, 2.45) is 17.8 Å². The van der Waals surface area contributed by atoms with Gasteiger partial charge in [-0.3, -0.25) is 4.55 Å². The summed E-state index contributed by atoms with van der Waals surface area (Å²) in [6, 6.07) is 0. The monoisotopic (exact) mass is 360 g/mol. The predicted octanol–water partition coefficient (Wildman–Crippen LogP) is 2.64. The summed E-state index contributed by atoms with van der Waals surface area (Å²) in [5.74, 6) is -9.41. The minimum Gasteiger partial charge on any atom is -0.458 e. The molecule has 5 nitrogen and oxygen atoms in total. The second-order valence-corrected chi connectivity index (χ2v) is 7.57. The van der Waals surface area contributed by atoms with Crippen LogP contribution in [0.3, 0.4) is 0 Å². The summed E-state index contributed by atoms with van der Waals surface area (Å²) in [5, 5.41) is -5.60. The molecule has 0 spiro atoms. The lowest BCUT2D eigenvalue weighted by atomic mass is 9.84. The van der Waals surface area contributed by atoms with E-state index in [4.69, 9.17) is 9.29 Å². The molecular weight excluding hydrogens is 344 g/mol. The second kappa shape index (κ2) is 5.44. The molecule has 0 aromatic carbocycles. The lowest BCUT2D eigenvalue weighted by Crippen LogP contribution is -2.53. The number of fused-ring (bicyclic) bond motifs is 2. The molecule has 2 fully saturated rings. The lowest BCUT2D eigenvalue weighted by molar-refractivity contribution is -0.205. The van der Waals surface area contributed by atoms with Crippen molar-refractivity contribution in [2.45, 2.75) is 43.5 Å². The first-order chi connectivity index (χ1) is 10.3. The third-order valence-corrected chi connectivity index (χ3v) is 5.52. The van der Waals surface area contributed by atoms with E-state index in [9.17, 15) is 30.8 Å². The molecule has 0 heterocycles. The van der Waals surface area contributed by atoms with E-state index in [0.717, 1.165) is 0 Å². The molecule has 4 atom stereocenters. The molecule has 2 aliphatic rings. The average molecular weight is 360 g/mol. The van der Waals surface area contributed by atoms with Crippen molar-refractivity contribution in [2.75, 3.05) is 0 Å². The Labute approximate surface area is 130 Å². The standard InChI is InChI=1S/C13H16F4O5S/c1-6(2)11(18)22-10-7-3-4-8(10)9(5-7)12(14,15)13(16,17)23(19,20)21/h7-10H,1,3-5H2,2H3,(H,19,20,21). The molecule has 4 unspecified atom stereocenters. The summed E-state index contributed by atoms with van der Waals surface area (Å²) < 4.78 is 89.9. The summed E-state index contributed by atoms with van der Waals surface area (Å²) in [4.78, 5) is 11.5. The zero-order valence-electron chi connectivity index (χ0n) is 12.1. The highest BCUT2D eigenvalue weighted by molar-refractivity contribution is 7.87. The Kier molecular flexibility index (Phi) is 4.30. The zero-order valence-corrected chi connectivity index (χ0v) is 13.0. The van der Waals surface area contributed by atoms with Gasteiger partial charge in [0.25, 0.3) is 0 Å². The molecule has 0 aromatic heterocycles. The van der Waals surface area contributed by atoms with E-state index in [-0.39, 0.29) is 12.0 Å². The minimum absolute atomic E-state index is 0.0443. The first-order valence-corrected chi connectivity index (χ1v) is 8.34. The van der Waals surface area contributed by atoms with Gasteiger partial charge in [-0.25, -0.2) is 4.79 Å². The van der Waals surface area contributed by atoms with Gasteiger partial charge in [-0.05, 0) is 32.1 Å². The van der Waals surface area contributed by atoms with Gasteiger partial charge in [-0.2, -0.15) is 26.0 Å². The molecule has 10 heteroatoms. The Bertz CT molecular complexity index is 630. The van der Waals surface area contributed by atoms with E-state index in [1.165, 1.54) is 6.92 Å². The third kappa shape index (κ3) is 2.75. The SMILES string of the molecule is C=C(C)C(=O)OC1C2CCC1C(C(F)(F)C(F)(F)S(=O)(=O)O)C2. The highest BCUT2D eigenvalue weighted by Crippen LogP contribution is 2.59. The number of hydrogen-bond donors (Lipinski definition) is 1. The lowest BCUT2D eigenvalue weighted by Gasteiger charge is -2.33. The van der Waals surface area contributed by atoms with Gasteiger partial charge in [0.2, 0.25) is 0 Å². The van der Waals surface area contributed by atoms with Crippen LogP contribution in [0, 0.1) is 17.8 Å². The van der Waals surface area contributed by atoms with Gasteiger partial charge in [0.1, 0.15) is 6.10 Å². The van der Waals surface area contributed by atoms with Crippen LogP contribution in [0.4, 0.5) is 17.6 Å². The Morgan fingerprint density at radius 1 is 1.26 bits per heavy atom. The van der Waals surface area contributed by atoms with E-state index in [2.05, 4.69) is 6.58 Å². The fraction of sp³-hybridized carbons (Fsp3) is 0.769. The molecule has 0 aliphatic heterocycles. The number of esters is 1. The van der Waals surface area contributed by atoms with E-state index in [0.29, 0.717) is 6.42 Å². The van der Waals surface area contributed by atoms with Crippen LogP contribution in [0.2, 0.25) is 0 Å². The Morgan fingerprint density at radius 2 is 1.83 bits per heavy atom. The largest absolute Gasteiger partial charge is 0.458 e. The van der Waals surface area contributed by atoms with Crippen LogP contribution >= 0.6 is 0 Å². The molecule has 2 rings (SSSR count). The van der Waals surface area contributed by atoms with Crippen molar-refractivity contribution in [3.63, 3.8) is 0 Å². The minimum atomic E-state index is -6.27. The molecule has 1 N–H and O–H groups in total. The first kappa shape index (κ1) is 18.2. The molecule has 2 saturated carbocycles. The topological polar surface area (TPSA) is 80.7 Å². The molecule has 0 aromatic rings. The number of hydrogen-bond acceptors (Lipinski definition) is 4. The van der Waals surface area contributed by atoms with Crippen molar-refractivity contribution in [3.05, 3.63) is 12.2 Å². The van der Waals surface area contributed by atoms with Crippen molar-refractivity contribution >= 4 is 16.1 Å². The van der Waals surface area contributed by atoms with Gasteiger partial charge in [0, 0.05) is 17.4 Å². The molecule has 2 aliphatic carbocycles. The second-order valence-electron chi connectivity index (χ2n) is 6.11. The summed E-state index contributed by atoms with van der Waals surface area (Å²) in [7, 11) is -6.27. The fourth-order valence-corrected chi connectivity index (χ4v) is 3.98. The van der Waals surface area contributed by atoms with Gasteiger partial charge < -0.3 is 4.74 Å². The van der Waals surface area contributed by atoms with E-state index >= 15 is 0 Å². The molecule has 0 saturated heterocycles. The van der Waals surface area contributed by atoms with Crippen LogP contribution in [-0.4, -0.2) is 36.2 Å². The number of carbonyl (C=O) groups excluding carboxylic acids is 1. The maximum atomic E-state index is 14.1. The molecule has 0 amide bonds. The molecular formula is C13H16F4O5S. The third-order valence-electron chi connectivity index (χ3n) is 4.60. The van der Waals surface area contributed by atoms with E-state index < -0.39 is 57.5 Å². The Morgan fingerprint density at radius 3 is 2.30 bits per heavy atom. The van der Waals surface area contributed by atoms with Crippen LogP contribution in [0.25, 0.3) is 0 Å². The van der Waals surface area contributed by atoms with Gasteiger partial charge in [0.15, 0.2) is 0 Å². The average Bonchev–Trinajstić information content (AvgIpc) is 2.94. The first-order valence-electron chi connectivity index (χ1n) is 6.90. The van der Waals surface area contributed by atoms with E-state index in [1.807, 2.05) is 0 Å². The van der Waals surface area contributed by atoms with Crippen molar-refractivity contribution < 1.29 is 40.1 Å². The number of halogens is 4. The van der Waals surface area contributed by atoms with Crippen molar-refractivity contribution in [1.82, 2.24) is 0 Å². The molecule has 0 radical (unpaired) electrons. The quantitative estimate of drug-likeness (QED) is 0.353. The number of rotatable bonds is 5. The highest BCUT2D eigenvalue weighted by Gasteiger charge is 2.73. The molecule has 2 bridgehead atoms. The highest BCUT2D eigenvalue weighted by atomic mass is 32.2. The maximum absolute atomic E-state index is 14.1. The smallest absolute Gasteiger partial charge is 0.431 e. The van der Waals surface area contributed by atoms with Crippen LogP contribution < -0.4 is 0 Å². The number of ether oxygens (including phenoxy) is 1. The normalized spacial score (nSPS) is 31.2. The van der Waals surface area contributed by atoms with Crippen molar-refractivity contribution in [3.8, 4) is 0 Å². The summed E-state index contributed by atoms with van der Waals surface area (Å²) in [5.41, 5.74) is 0.0443. The molecule has 132 valence electrons. The van der Waals surface area contributed by atoms with Gasteiger partial charge >= 0.3 is 27.3 Å². The fourth-order valence-electron chi connectivity index (χ4n) is 3.48. The Hall–Kier alpha value is -1.16.